The Balaban J connectivity index is 1.64. The second kappa shape index (κ2) is 10.7. The summed E-state index contributed by atoms with van der Waals surface area (Å²) in [6.45, 7) is 2.03. The van der Waals surface area contributed by atoms with Crippen molar-refractivity contribution < 1.29 is 9.53 Å². The Labute approximate surface area is 203 Å². The van der Waals surface area contributed by atoms with E-state index in [1.165, 1.54) is 11.8 Å². The maximum atomic E-state index is 12.6. The number of nitrogens with zero attached hydrogens (tertiary/aromatic N) is 2. The largest absolute Gasteiger partial charge is 0.497 e. The normalized spacial score (nSPS) is 10.4. The summed E-state index contributed by atoms with van der Waals surface area (Å²) in [5.41, 5.74) is 5.73. The van der Waals surface area contributed by atoms with Crippen LogP contribution >= 0.6 is 11.8 Å². The fourth-order valence-corrected chi connectivity index (χ4v) is 4.26. The summed E-state index contributed by atoms with van der Waals surface area (Å²) in [4.78, 5) is 17.4. The molecule has 0 aliphatic rings. The van der Waals surface area contributed by atoms with Crippen LogP contribution in [0.3, 0.4) is 0 Å². The molecule has 0 aliphatic carbocycles. The molecule has 0 bridgehead atoms. The van der Waals surface area contributed by atoms with Crippen molar-refractivity contribution >= 4 is 23.4 Å². The van der Waals surface area contributed by atoms with Crippen molar-refractivity contribution in [1.82, 2.24) is 4.98 Å². The van der Waals surface area contributed by atoms with Crippen molar-refractivity contribution in [2.75, 3.05) is 18.2 Å². The second-order valence-corrected chi connectivity index (χ2v) is 8.61. The molecule has 4 aromatic rings. The van der Waals surface area contributed by atoms with Gasteiger partial charge in [0.2, 0.25) is 5.91 Å². The first kappa shape index (κ1) is 23.1. The molecule has 1 aromatic heterocycles. The van der Waals surface area contributed by atoms with E-state index in [0.717, 1.165) is 33.7 Å². The number of amides is 1. The fourth-order valence-electron chi connectivity index (χ4n) is 3.46. The minimum Gasteiger partial charge on any atom is -0.497 e. The Bertz CT molecular complexity index is 1330. The maximum Gasteiger partial charge on any atom is 0.234 e. The lowest BCUT2D eigenvalue weighted by molar-refractivity contribution is -0.113. The first-order valence-electron chi connectivity index (χ1n) is 10.7. The highest BCUT2D eigenvalue weighted by Gasteiger charge is 2.17. The van der Waals surface area contributed by atoms with Gasteiger partial charge in [-0.3, -0.25) is 4.79 Å². The molecule has 1 heterocycles. The number of carbonyl (C=O) groups is 1. The van der Waals surface area contributed by atoms with Crippen molar-refractivity contribution in [3.63, 3.8) is 0 Å². The zero-order valence-electron chi connectivity index (χ0n) is 18.9. The highest BCUT2D eigenvalue weighted by atomic mass is 32.2. The van der Waals surface area contributed by atoms with Gasteiger partial charge >= 0.3 is 0 Å². The van der Waals surface area contributed by atoms with Crippen LogP contribution in [-0.2, 0) is 4.79 Å². The molecule has 0 saturated heterocycles. The number of hydrogen-bond acceptors (Lipinski definition) is 5. The third-order valence-electron chi connectivity index (χ3n) is 5.24. The van der Waals surface area contributed by atoms with Gasteiger partial charge in [-0.2, -0.15) is 5.26 Å². The number of benzene rings is 3. The molecule has 0 fully saturated rings. The van der Waals surface area contributed by atoms with Crippen LogP contribution in [0, 0.1) is 18.3 Å². The smallest absolute Gasteiger partial charge is 0.234 e. The summed E-state index contributed by atoms with van der Waals surface area (Å²) in [6.07, 6.45) is 0. The van der Waals surface area contributed by atoms with Crippen LogP contribution in [0.5, 0.6) is 5.75 Å². The standard InChI is InChI=1S/C28H23N3O2S/c1-19-8-10-20(11-9-19)24-16-26(21-6-4-3-5-7-21)31-28(25(24)17-29)34-18-27(32)30-22-12-14-23(33-2)15-13-22/h3-16H,18H2,1-2H3,(H,30,32). The average Bonchev–Trinajstić information content (AvgIpc) is 2.88. The van der Waals surface area contributed by atoms with Crippen molar-refractivity contribution in [1.29, 1.82) is 5.26 Å². The van der Waals surface area contributed by atoms with E-state index in [1.54, 1.807) is 31.4 Å². The van der Waals surface area contributed by atoms with Crippen LogP contribution in [0.15, 0.2) is 90.0 Å². The highest BCUT2D eigenvalue weighted by Crippen LogP contribution is 2.34. The van der Waals surface area contributed by atoms with Gasteiger partial charge < -0.3 is 10.1 Å². The summed E-state index contributed by atoms with van der Waals surface area (Å²) in [6, 6.07) is 29.3. The number of hydrogen-bond donors (Lipinski definition) is 1. The van der Waals surface area contributed by atoms with E-state index < -0.39 is 0 Å². The molecule has 0 atom stereocenters. The Hall–Kier alpha value is -4.08. The predicted molar refractivity (Wildman–Crippen MR) is 137 cm³/mol. The summed E-state index contributed by atoms with van der Waals surface area (Å²) in [5, 5.41) is 13.4. The molecule has 0 radical (unpaired) electrons. The number of anilines is 1. The topological polar surface area (TPSA) is 75.0 Å². The van der Waals surface area contributed by atoms with Crippen LogP contribution in [0.25, 0.3) is 22.4 Å². The summed E-state index contributed by atoms with van der Waals surface area (Å²) >= 11 is 1.26. The number of thioether (sulfide) groups is 1. The van der Waals surface area contributed by atoms with Gasteiger partial charge in [0, 0.05) is 16.8 Å². The Kier molecular flexibility index (Phi) is 7.26. The van der Waals surface area contributed by atoms with E-state index in [1.807, 2.05) is 67.6 Å². The molecule has 34 heavy (non-hydrogen) atoms. The van der Waals surface area contributed by atoms with Gasteiger partial charge in [-0.25, -0.2) is 4.98 Å². The summed E-state index contributed by atoms with van der Waals surface area (Å²) < 4.78 is 5.15. The fraction of sp³-hybridized carbons (Fsp3) is 0.107. The van der Waals surface area contributed by atoms with Gasteiger partial charge in [-0.1, -0.05) is 71.9 Å². The summed E-state index contributed by atoms with van der Waals surface area (Å²) in [7, 11) is 1.60. The van der Waals surface area contributed by atoms with Gasteiger partial charge in [-0.05, 0) is 42.8 Å². The van der Waals surface area contributed by atoms with Gasteiger partial charge in [0.15, 0.2) is 0 Å². The van der Waals surface area contributed by atoms with Crippen LogP contribution in [0.4, 0.5) is 5.69 Å². The maximum absolute atomic E-state index is 12.6. The van der Waals surface area contributed by atoms with Gasteiger partial charge in [0.05, 0.1) is 24.1 Å². The number of aromatic nitrogens is 1. The van der Waals surface area contributed by atoms with E-state index in [2.05, 4.69) is 11.4 Å². The highest BCUT2D eigenvalue weighted by molar-refractivity contribution is 8.00. The lowest BCUT2D eigenvalue weighted by Crippen LogP contribution is -2.14. The third-order valence-corrected chi connectivity index (χ3v) is 6.22. The Morgan fingerprint density at radius 2 is 1.71 bits per heavy atom. The lowest BCUT2D eigenvalue weighted by Gasteiger charge is -2.13. The predicted octanol–water partition coefficient (Wildman–Crippen LogP) is 6.34. The van der Waals surface area contributed by atoms with Crippen LogP contribution in [0.1, 0.15) is 11.1 Å². The minimum absolute atomic E-state index is 0.124. The number of ether oxygens (including phenoxy) is 1. The number of rotatable bonds is 7. The first-order chi connectivity index (χ1) is 16.6. The number of pyridine rings is 1. The quantitative estimate of drug-likeness (QED) is 0.323. The molecule has 1 N–H and O–H groups in total. The molecule has 0 spiro atoms. The molecule has 168 valence electrons. The van der Waals surface area contributed by atoms with Gasteiger partial charge in [0.1, 0.15) is 16.8 Å². The molecular weight excluding hydrogens is 442 g/mol. The van der Waals surface area contributed by atoms with E-state index in [9.17, 15) is 10.1 Å². The molecule has 0 saturated carbocycles. The summed E-state index contributed by atoms with van der Waals surface area (Å²) in [5.74, 6) is 0.665. The first-order valence-corrected chi connectivity index (χ1v) is 11.7. The van der Waals surface area contributed by atoms with E-state index >= 15 is 0 Å². The molecule has 1 amide bonds. The molecule has 0 aliphatic heterocycles. The molecule has 4 rings (SSSR count). The van der Waals surface area contributed by atoms with Crippen molar-refractivity contribution in [3.05, 3.63) is 96.1 Å². The van der Waals surface area contributed by atoms with Crippen LogP contribution in [0.2, 0.25) is 0 Å². The van der Waals surface area contributed by atoms with E-state index in [0.29, 0.717) is 16.3 Å². The molecular formula is C28H23N3O2S. The number of methoxy groups -OCH3 is 1. The number of nitrogens with one attached hydrogen (secondary N) is 1. The number of carbonyl (C=O) groups excluding carboxylic acids is 1. The second-order valence-electron chi connectivity index (χ2n) is 7.64. The van der Waals surface area contributed by atoms with Crippen LogP contribution < -0.4 is 10.1 Å². The Morgan fingerprint density at radius 3 is 2.35 bits per heavy atom. The monoisotopic (exact) mass is 465 g/mol. The zero-order chi connectivity index (χ0) is 23.9. The van der Waals surface area contributed by atoms with Gasteiger partial charge in [0.25, 0.3) is 0 Å². The van der Waals surface area contributed by atoms with E-state index in [-0.39, 0.29) is 11.7 Å². The third kappa shape index (κ3) is 5.45. The zero-order valence-corrected chi connectivity index (χ0v) is 19.7. The molecule has 6 heteroatoms. The SMILES string of the molecule is COc1ccc(NC(=O)CSc2nc(-c3ccccc3)cc(-c3ccc(C)cc3)c2C#N)cc1. The number of aryl methyl sites for hydroxylation is 1. The van der Waals surface area contributed by atoms with Gasteiger partial charge in [-0.15, -0.1) is 0 Å². The van der Waals surface area contributed by atoms with E-state index in [4.69, 9.17) is 9.72 Å². The molecule has 3 aromatic carbocycles. The van der Waals surface area contributed by atoms with Crippen molar-refractivity contribution in [2.45, 2.75) is 11.9 Å². The molecule has 5 nitrogen and oxygen atoms in total. The van der Waals surface area contributed by atoms with Crippen molar-refractivity contribution in [2.24, 2.45) is 0 Å². The molecule has 0 unspecified atom stereocenters. The Morgan fingerprint density at radius 1 is 1.00 bits per heavy atom. The minimum atomic E-state index is -0.178. The van der Waals surface area contributed by atoms with Crippen LogP contribution in [-0.4, -0.2) is 23.8 Å². The lowest BCUT2D eigenvalue weighted by atomic mass is 9.98. The van der Waals surface area contributed by atoms with Crippen molar-refractivity contribution in [3.8, 4) is 34.2 Å². The number of nitriles is 1. The average molecular weight is 466 g/mol.